The molecule has 0 spiro atoms. The predicted molar refractivity (Wildman–Crippen MR) is 82.7 cm³/mol. The van der Waals surface area contributed by atoms with Crippen molar-refractivity contribution >= 4 is 29.0 Å². The summed E-state index contributed by atoms with van der Waals surface area (Å²) in [7, 11) is 0. The number of carbonyl (C=O) groups is 1. The molecule has 6 heteroatoms. The van der Waals surface area contributed by atoms with Crippen LogP contribution < -0.4 is 11.1 Å². The third-order valence-corrected chi connectivity index (χ3v) is 4.94. The zero-order chi connectivity index (χ0) is 14.6. The second-order valence-corrected chi connectivity index (χ2v) is 7.93. The number of aryl methyl sites for hydroxylation is 1. The molecule has 0 saturated carbocycles. The number of thiazole rings is 1. The fourth-order valence-electron chi connectivity index (χ4n) is 2.04. The first-order valence-corrected chi connectivity index (χ1v) is 8.15. The fourth-order valence-corrected chi connectivity index (χ4v) is 4.38. The van der Waals surface area contributed by atoms with Gasteiger partial charge in [0, 0.05) is 22.4 Å². The van der Waals surface area contributed by atoms with Gasteiger partial charge < -0.3 is 11.1 Å². The molecule has 1 aromatic heterocycles. The van der Waals surface area contributed by atoms with Gasteiger partial charge in [-0.05, 0) is 34.1 Å². The van der Waals surface area contributed by atoms with E-state index in [9.17, 15) is 4.79 Å². The molecule has 0 saturated heterocycles. The van der Waals surface area contributed by atoms with Crippen molar-refractivity contribution in [3.63, 3.8) is 0 Å². The maximum atomic E-state index is 11.7. The zero-order valence-corrected chi connectivity index (χ0v) is 13.8. The molecular weight excluding hydrogens is 278 g/mol. The van der Waals surface area contributed by atoms with E-state index in [2.05, 4.69) is 17.2 Å². The topological polar surface area (TPSA) is 68.0 Å². The average Bonchev–Trinajstić information content (AvgIpc) is 2.61. The molecule has 0 fully saturated rings. The van der Waals surface area contributed by atoms with Crippen LogP contribution in [0, 0.1) is 6.92 Å². The summed E-state index contributed by atoms with van der Waals surface area (Å²) in [6.07, 6.45) is 0.684. The fraction of sp³-hybridized carbons (Fsp3) is 0.692. The zero-order valence-electron chi connectivity index (χ0n) is 12.2. The number of nitrogens with zero attached hydrogens (tertiary/aromatic N) is 1. The van der Waals surface area contributed by atoms with E-state index in [0.717, 1.165) is 10.0 Å². The highest BCUT2D eigenvalue weighted by atomic mass is 32.2. The van der Waals surface area contributed by atoms with E-state index in [1.807, 2.05) is 33.1 Å². The number of thioether (sulfide) groups is 1. The number of nitrogens with two attached hydrogens (primary N) is 1. The summed E-state index contributed by atoms with van der Waals surface area (Å²) < 4.78 is 1.04. The molecule has 0 bridgehead atoms. The van der Waals surface area contributed by atoms with Crippen molar-refractivity contribution in [3.05, 3.63) is 11.1 Å². The molecule has 4 nitrogen and oxygen atoms in total. The Balaban J connectivity index is 2.66. The maximum Gasteiger partial charge on any atom is 0.237 e. The largest absolute Gasteiger partial charge is 0.368 e. The lowest BCUT2D eigenvalue weighted by molar-refractivity contribution is -0.124. The van der Waals surface area contributed by atoms with Crippen molar-refractivity contribution in [2.24, 2.45) is 5.73 Å². The Morgan fingerprint density at radius 3 is 2.63 bits per heavy atom. The van der Waals surface area contributed by atoms with Gasteiger partial charge in [0.05, 0.1) is 5.54 Å². The summed E-state index contributed by atoms with van der Waals surface area (Å²) in [5.74, 6) is -0.302. The van der Waals surface area contributed by atoms with E-state index in [0.29, 0.717) is 6.42 Å². The summed E-state index contributed by atoms with van der Waals surface area (Å²) in [6.45, 7) is 10.00. The molecule has 0 aliphatic rings. The molecule has 0 aromatic carbocycles. The Kier molecular flexibility index (Phi) is 5.82. The van der Waals surface area contributed by atoms with E-state index in [4.69, 9.17) is 5.73 Å². The molecule has 0 aliphatic heterocycles. The van der Waals surface area contributed by atoms with Crippen LogP contribution in [0.3, 0.4) is 0 Å². The highest BCUT2D eigenvalue weighted by Crippen LogP contribution is 2.31. The number of rotatable bonds is 7. The van der Waals surface area contributed by atoms with Gasteiger partial charge in [0.2, 0.25) is 5.91 Å². The van der Waals surface area contributed by atoms with Crippen LogP contribution in [0.5, 0.6) is 0 Å². The lowest BCUT2D eigenvalue weighted by atomic mass is 9.94. The molecule has 1 amide bonds. The Hall–Kier alpha value is -0.590. The summed E-state index contributed by atoms with van der Waals surface area (Å²) in [5.41, 5.74) is 5.91. The van der Waals surface area contributed by atoms with Gasteiger partial charge in [0.25, 0.3) is 0 Å². The summed E-state index contributed by atoms with van der Waals surface area (Å²) in [4.78, 5) is 16.1. The van der Waals surface area contributed by atoms with Crippen LogP contribution >= 0.6 is 23.1 Å². The number of aromatic nitrogens is 1. The first-order chi connectivity index (χ1) is 8.73. The van der Waals surface area contributed by atoms with Gasteiger partial charge in [0.1, 0.15) is 4.34 Å². The average molecular weight is 301 g/mol. The van der Waals surface area contributed by atoms with Gasteiger partial charge in [-0.25, -0.2) is 4.98 Å². The Labute approximate surface area is 123 Å². The van der Waals surface area contributed by atoms with Gasteiger partial charge in [0.15, 0.2) is 0 Å². The first kappa shape index (κ1) is 16.5. The van der Waals surface area contributed by atoms with Gasteiger partial charge in [-0.2, -0.15) is 0 Å². The molecule has 19 heavy (non-hydrogen) atoms. The van der Waals surface area contributed by atoms with Crippen LogP contribution in [-0.2, 0) is 4.79 Å². The monoisotopic (exact) mass is 301 g/mol. The molecule has 2 unspecified atom stereocenters. The number of hydrogen-bond donors (Lipinski definition) is 2. The molecule has 0 radical (unpaired) electrons. The molecule has 2 atom stereocenters. The van der Waals surface area contributed by atoms with Crippen LogP contribution in [0.15, 0.2) is 9.72 Å². The number of amides is 1. The normalized spacial score (nSPS) is 16.3. The third-order valence-electron chi connectivity index (χ3n) is 2.75. The highest BCUT2D eigenvalue weighted by Gasteiger charge is 2.33. The minimum Gasteiger partial charge on any atom is -0.368 e. The van der Waals surface area contributed by atoms with Crippen molar-refractivity contribution in [1.82, 2.24) is 10.3 Å². The van der Waals surface area contributed by atoms with E-state index < -0.39 is 5.54 Å². The van der Waals surface area contributed by atoms with Crippen molar-refractivity contribution in [1.29, 1.82) is 0 Å². The Morgan fingerprint density at radius 1 is 1.58 bits per heavy atom. The predicted octanol–water partition coefficient (Wildman–Crippen LogP) is 2.56. The van der Waals surface area contributed by atoms with E-state index in [1.165, 1.54) is 0 Å². The lowest BCUT2D eigenvalue weighted by Crippen LogP contribution is -2.56. The Bertz CT molecular complexity index is 433. The minimum atomic E-state index is -0.674. The van der Waals surface area contributed by atoms with Crippen LogP contribution in [0.4, 0.5) is 0 Å². The number of primary amides is 1. The van der Waals surface area contributed by atoms with Crippen LogP contribution in [0.1, 0.15) is 39.8 Å². The molecule has 0 aliphatic carbocycles. The minimum absolute atomic E-state index is 0.219. The van der Waals surface area contributed by atoms with Gasteiger partial charge in [-0.15, -0.1) is 11.3 Å². The molecule has 1 rings (SSSR count). The van der Waals surface area contributed by atoms with Crippen molar-refractivity contribution in [2.45, 2.75) is 62.2 Å². The van der Waals surface area contributed by atoms with Crippen molar-refractivity contribution in [3.8, 4) is 0 Å². The van der Waals surface area contributed by atoms with Gasteiger partial charge >= 0.3 is 0 Å². The summed E-state index contributed by atoms with van der Waals surface area (Å²) in [6, 6.07) is 0.219. The first-order valence-electron chi connectivity index (χ1n) is 6.39. The van der Waals surface area contributed by atoms with Crippen LogP contribution in [0.2, 0.25) is 0 Å². The van der Waals surface area contributed by atoms with Crippen molar-refractivity contribution in [2.75, 3.05) is 0 Å². The SMILES string of the molecule is Cc1csc(SC(C)CC(C)(NC(C)C)C(N)=O)n1. The van der Waals surface area contributed by atoms with Crippen LogP contribution in [-0.4, -0.2) is 27.7 Å². The number of carbonyl (C=O) groups excluding carboxylic acids is 1. The van der Waals surface area contributed by atoms with Crippen molar-refractivity contribution < 1.29 is 4.79 Å². The second-order valence-electron chi connectivity index (χ2n) is 5.38. The van der Waals surface area contributed by atoms with E-state index >= 15 is 0 Å². The van der Waals surface area contributed by atoms with E-state index in [1.54, 1.807) is 23.1 Å². The van der Waals surface area contributed by atoms with Crippen LogP contribution in [0.25, 0.3) is 0 Å². The quantitative estimate of drug-likeness (QED) is 0.760. The Morgan fingerprint density at radius 2 is 2.21 bits per heavy atom. The summed E-state index contributed by atoms with van der Waals surface area (Å²) in [5, 5.41) is 5.58. The molecule has 108 valence electrons. The molecular formula is C13H23N3OS2. The second kappa shape index (κ2) is 6.72. The van der Waals surface area contributed by atoms with E-state index in [-0.39, 0.29) is 17.2 Å². The van der Waals surface area contributed by atoms with Gasteiger partial charge in [-0.3, -0.25) is 4.79 Å². The highest BCUT2D eigenvalue weighted by molar-refractivity contribution is 8.01. The molecule has 1 heterocycles. The smallest absolute Gasteiger partial charge is 0.237 e. The summed E-state index contributed by atoms with van der Waals surface area (Å²) >= 11 is 3.34. The number of hydrogen-bond acceptors (Lipinski definition) is 5. The standard InChI is InChI=1S/C13H23N3OS2/c1-8(2)16-13(5,11(14)17)6-10(4)19-12-15-9(3)7-18-12/h7-8,10,16H,6H2,1-5H3,(H2,14,17). The number of nitrogens with one attached hydrogen (secondary N) is 1. The maximum absolute atomic E-state index is 11.7. The lowest BCUT2D eigenvalue weighted by Gasteiger charge is -2.31. The molecule has 1 aromatic rings. The molecule has 3 N–H and O–H groups in total. The third kappa shape index (κ3) is 5.12. The van der Waals surface area contributed by atoms with Gasteiger partial charge in [-0.1, -0.05) is 18.7 Å².